The first-order valence-corrected chi connectivity index (χ1v) is 8.35. The van der Waals surface area contributed by atoms with Crippen LogP contribution < -0.4 is 0 Å². The lowest BCUT2D eigenvalue weighted by Gasteiger charge is -2.23. The molecule has 1 rings (SSSR count). The lowest BCUT2D eigenvalue weighted by atomic mass is 9.80. The van der Waals surface area contributed by atoms with E-state index < -0.39 is 0 Å². The van der Waals surface area contributed by atoms with Gasteiger partial charge in [-0.25, -0.2) is 0 Å². The molecule has 0 spiro atoms. The van der Waals surface area contributed by atoms with Crippen LogP contribution in [0.1, 0.15) is 69.2 Å². The first-order valence-electron chi connectivity index (χ1n) is 8.35. The molecule has 0 bridgehead atoms. The average molecular weight is 289 g/mol. The molecule has 0 fully saturated rings. The topological polar surface area (TPSA) is 0 Å². The Bertz CT molecular complexity index is 435. The third-order valence-corrected chi connectivity index (χ3v) is 3.52. The highest BCUT2D eigenvalue weighted by Crippen LogP contribution is 2.50. The van der Waals surface area contributed by atoms with Crippen LogP contribution in [0.15, 0.2) is 58.7 Å². The summed E-state index contributed by atoms with van der Waals surface area (Å²) in [5.74, 6) is 0. The minimum absolute atomic E-state index is 0.109. The molecule has 0 saturated heterocycles. The molecular formula is C21H36. The molecule has 1 aliphatic rings. The molecule has 0 atom stereocenters. The molecule has 0 amide bonds. The predicted octanol–water partition coefficient (Wildman–Crippen LogP) is 7.42. The van der Waals surface area contributed by atoms with Crippen molar-refractivity contribution < 1.29 is 0 Å². The number of hydrogen-bond donors (Lipinski definition) is 0. The fourth-order valence-corrected chi connectivity index (χ4v) is 2.66. The number of hydrogen-bond acceptors (Lipinski definition) is 0. The zero-order chi connectivity index (χ0) is 17.1. The SMILES string of the molecule is CC.CC.C\C=C/C=C1\C(=C/C)C(C)=C(/C=C\C)C1(C)C. The van der Waals surface area contributed by atoms with Crippen LogP contribution in [0.4, 0.5) is 0 Å². The molecule has 0 unspecified atom stereocenters. The van der Waals surface area contributed by atoms with Gasteiger partial charge in [-0.3, -0.25) is 0 Å². The minimum atomic E-state index is 0.109. The molecule has 0 aliphatic heterocycles. The van der Waals surface area contributed by atoms with Crippen molar-refractivity contribution in [3.63, 3.8) is 0 Å². The summed E-state index contributed by atoms with van der Waals surface area (Å²) in [5.41, 5.74) is 5.76. The van der Waals surface area contributed by atoms with Crippen LogP contribution in [0, 0.1) is 5.41 Å². The van der Waals surface area contributed by atoms with Crippen molar-refractivity contribution in [2.24, 2.45) is 5.41 Å². The maximum Gasteiger partial charge on any atom is 0.0155 e. The summed E-state index contributed by atoms with van der Waals surface area (Å²) in [6.07, 6.45) is 13.1. The lowest BCUT2D eigenvalue weighted by Crippen LogP contribution is -2.12. The van der Waals surface area contributed by atoms with E-state index in [1.54, 1.807) is 0 Å². The number of allylic oxidation sites excluding steroid dienone is 10. The molecule has 0 N–H and O–H groups in total. The van der Waals surface area contributed by atoms with Gasteiger partial charge in [-0.05, 0) is 50.0 Å². The van der Waals surface area contributed by atoms with Crippen molar-refractivity contribution in [3.05, 3.63) is 58.7 Å². The first kappa shape index (κ1) is 22.0. The van der Waals surface area contributed by atoms with Gasteiger partial charge in [0.25, 0.3) is 0 Å². The Morgan fingerprint density at radius 3 is 1.76 bits per heavy atom. The van der Waals surface area contributed by atoms with E-state index >= 15 is 0 Å². The fraction of sp³-hybridized carbons (Fsp3) is 0.524. The molecule has 1 aliphatic carbocycles. The van der Waals surface area contributed by atoms with E-state index in [0.29, 0.717) is 0 Å². The second-order valence-electron chi connectivity index (χ2n) is 4.97. The summed E-state index contributed by atoms with van der Waals surface area (Å²) >= 11 is 0. The highest BCUT2D eigenvalue weighted by atomic mass is 14.4. The van der Waals surface area contributed by atoms with Crippen LogP contribution in [0.5, 0.6) is 0 Å². The average Bonchev–Trinajstić information content (AvgIpc) is 2.69. The van der Waals surface area contributed by atoms with E-state index in [0.717, 1.165) is 0 Å². The van der Waals surface area contributed by atoms with Gasteiger partial charge in [0.2, 0.25) is 0 Å². The van der Waals surface area contributed by atoms with E-state index in [-0.39, 0.29) is 5.41 Å². The molecule has 0 saturated carbocycles. The summed E-state index contributed by atoms with van der Waals surface area (Å²) in [6, 6.07) is 0. The van der Waals surface area contributed by atoms with E-state index in [9.17, 15) is 0 Å². The van der Waals surface area contributed by atoms with Gasteiger partial charge in [0, 0.05) is 5.41 Å². The van der Waals surface area contributed by atoms with Crippen molar-refractivity contribution in [2.45, 2.75) is 69.2 Å². The predicted molar refractivity (Wildman–Crippen MR) is 101 cm³/mol. The molecule has 0 nitrogen and oxygen atoms in total. The maximum absolute atomic E-state index is 2.30. The molecule has 0 radical (unpaired) electrons. The van der Waals surface area contributed by atoms with Crippen LogP contribution in [0.3, 0.4) is 0 Å². The largest absolute Gasteiger partial charge is 0.0877 e. The van der Waals surface area contributed by atoms with Crippen LogP contribution in [0.25, 0.3) is 0 Å². The molecular weight excluding hydrogens is 252 g/mol. The van der Waals surface area contributed by atoms with Crippen LogP contribution in [-0.4, -0.2) is 0 Å². The Balaban J connectivity index is 0. The molecule has 0 aromatic heterocycles. The van der Waals surface area contributed by atoms with E-state index in [1.165, 1.54) is 22.3 Å². The monoisotopic (exact) mass is 288 g/mol. The second-order valence-corrected chi connectivity index (χ2v) is 4.97. The zero-order valence-corrected chi connectivity index (χ0v) is 16.0. The summed E-state index contributed by atoms with van der Waals surface area (Å²) in [6.45, 7) is 21.1. The van der Waals surface area contributed by atoms with Crippen molar-refractivity contribution in [1.29, 1.82) is 0 Å². The van der Waals surface area contributed by atoms with Crippen LogP contribution in [-0.2, 0) is 0 Å². The smallest absolute Gasteiger partial charge is 0.0155 e. The van der Waals surface area contributed by atoms with E-state index in [4.69, 9.17) is 0 Å². The Labute approximate surface area is 134 Å². The maximum atomic E-state index is 2.30. The standard InChI is InChI=1S/C17H24.2C2H6/c1-7-10-12-16-14(9-3)13(4)15(11-8-2)17(16,5)6;2*1-2/h7-12H,1-6H3;2*1-2H3/b10-7-,11-8-,14-9-,16-12+;;. The Hall–Kier alpha value is -1.30. The summed E-state index contributed by atoms with van der Waals surface area (Å²) in [4.78, 5) is 0. The highest BCUT2D eigenvalue weighted by molar-refractivity contribution is 5.64. The third-order valence-electron chi connectivity index (χ3n) is 3.52. The van der Waals surface area contributed by atoms with Gasteiger partial charge in [-0.15, -0.1) is 0 Å². The molecule has 21 heavy (non-hydrogen) atoms. The molecule has 0 aromatic rings. The Kier molecular flexibility index (Phi) is 11.9. The zero-order valence-electron chi connectivity index (χ0n) is 16.0. The van der Waals surface area contributed by atoms with Gasteiger partial charge in [-0.2, -0.15) is 0 Å². The van der Waals surface area contributed by atoms with Gasteiger partial charge >= 0.3 is 0 Å². The summed E-state index contributed by atoms with van der Waals surface area (Å²) in [7, 11) is 0. The summed E-state index contributed by atoms with van der Waals surface area (Å²) in [5, 5.41) is 0. The van der Waals surface area contributed by atoms with Crippen molar-refractivity contribution in [3.8, 4) is 0 Å². The van der Waals surface area contributed by atoms with Gasteiger partial charge in [-0.1, -0.05) is 78.0 Å². The minimum Gasteiger partial charge on any atom is -0.0877 e. The highest BCUT2D eigenvalue weighted by Gasteiger charge is 2.36. The van der Waals surface area contributed by atoms with Gasteiger partial charge < -0.3 is 0 Å². The molecule has 120 valence electrons. The Morgan fingerprint density at radius 2 is 1.38 bits per heavy atom. The van der Waals surface area contributed by atoms with Crippen molar-refractivity contribution >= 4 is 0 Å². The van der Waals surface area contributed by atoms with Gasteiger partial charge in [0.15, 0.2) is 0 Å². The molecule has 0 aromatic carbocycles. The van der Waals surface area contributed by atoms with Crippen molar-refractivity contribution in [1.82, 2.24) is 0 Å². The molecule has 0 heterocycles. The quantitative estimate of drug-likeness (QED) is 0.496. The van der Waals surface area contributed by atoms with E-state index in [1.807, 2.05) is 27.7 Å². The van der Waals surface area contributed by atoms with Gasteiger partial charge in [0.1, 0.15) is 0 Å². The van der Waals surface area contributed by atoms with Crippen LogP contribution in [0.2, 0.25) is 0 Å². The fourth-order valence-electron chi connectivity index (χ4n) is 2.66. The first-order chi connectivity index (χ1) is 10.0. The Morgan fingerprint density at radius 1 is 0.857 bits per heavy atom. The lowest BCUT2D eigenvalue weighted by molar-refractivity contribution is 0.578. The van der Waals surface area contributed by atoms with Gasteiger partial charge in [0.05, 0.1) is 0 Å². The van der Waals surface area contributed by atoms with E-state index in [2.05, 4.69) is 78.0 Å². The van der Waals surface area contributed by atoms with Crippen LogP contribution >= 0.6 is 0 Å². The molecule has 0 heteroatoms. The second kappa shape index (κ2) is 11.4. The number of rotatable bonds is 2. The summed E-state index contributed by atoms with van der Waals surface area (Å²) < 4.78 is 0. The normalized spacial score (nSPS) is 20.9. The third kappa shape index (κ3) is 5.19. The van der Waals surface area contributed by atoms with Crippen molar-refractivity contribution in [2.75, 3.05) is 0 Å².